The second-order valence-electron chi connectivity index (χ2n) is 4.19. The monoisotopic (exact) mass is 290 g/mol. The molecule has 0 bridgehead atoms. The number of carbonyl (C=O) groups is 2. The molecule has 1 aromatic rings. The maximum absolute atomic E-state index is 11.2. The summed E-state index contributed by atoms with van der Waals surface area (Å²) in [7, 11) is 1.32. The molecular formula is C16H18O5. The first kappa shape index (κ1) is 16.5. The van der Waals surface area contributed by atoms with Crippen LogP contribution in [-0.2, 0) is 19.1 Å². The van der Waals surface area contributed by atoms with Crippen molar-refractivity contribution >= 4 is 18.0 Å². The molecule has 1 aromatic carbocycles. The first-order valence-corrected chi connectivity index (χ1v) is 6.34. The average molecular weight is 290 g/mol. The van der Waals surface area contributed by atoms with Crippen molar-refractivity contribution in [2.24, 2.45) is 0 Å². The molecule has 1 rings (SSSR count). The largest absolute Gasteiger partial charge is 0.490 e. The summed E-state index contributed by atoms with van der Waals surface area (Å²) in [5.41, 5.74) is 1.15. The first-order valence-electron chi connectivity index (χ1n) is 6.34. The van der Waals surface area contributed by atoms with E-state index in [0.29, 0.717) is 11.3 Å². The Balaban J connectivity index is 2.46. The molecule has 0 amide bonds. The van der Waals surface area contributed by atoms with E-state index in [9.17, 15) is 9.59 Å². The minimum atomic E-state index is -0.437. The number of rotatable bonds is 7. The van der Waals surface area contributed by atoms with Crippen molar-refractivity contribution in [1.82, 2.24) is 0 Å². The molecule has 5 nitrogen and oxygen atoms in total. The molecule has 0 aliphatic carbocycles. The number of ether oxygens (including phenoxy) is 3. The van der Waals surface area contributed by atoms with Crippen molar-refractivity contribution in [3.8, 4) is 5.75 Å². The van der Waals surface area contributed by atoms with Gasteiger partial charge in [0.05, 0.1) is 7.11 Å². The highest BCUT2D eigenvalue weighted by Crippen LogP contribution is 2.14. The molecule has 0 saturated carbocycles. The normalized spacial score (nSPS) is 10.2. The van der Waals surface area contributed by atoms with Crippen LogP contribution in [-0.4, -0.2) is 32.3 Å². The lowest BCUT2D eigenvalue weighted by Crippen LogP contribution is -2.12. The number of methoxy groups -OCH3 is 1. The molecule has 0 spiro atoms. The maximum Gasteiger partial charge on any atom is 0.333 e. The van der Waals surface area contributed by atoms with Gasteiger partial charge in [-0.3, -0.25) is 0 Å². The van der Waals surface area contributed by atoms with Crippen molar-refractivity contribution in [2.45, 2.75) is 6.92 Å². The summed E-state index contributed by atoms with van der Waals surface area (Å²) in [5.74, 6) is -0.241. The van der Waals surface area contributed by atoms with Crippen LogP contribution in [0.1, 0.15) is 12.5 Å². The lowest BCUT2D eigenvalue weighted by Gasteiger charge is -2.07. The van der Waals surface area contributed by atoms with Crippen LogP contribution in [0.4, 0.5) is 0 Å². The van der Waals surface area contributed by atoms with E-state index in [2.05, 4.69) is 11.3 Å². The van der Waals surface area contributed by atoms with Gasteiger partial charge in [-0.25, -0.2) is 9.59 Å². The van der Waals surface area contributed by atoms with Crippen LogP contribution in [0, 0.1) is 0 Å². The van der Waals surface area contributed by atoms with Crippen molar-refractivity contribution in [2.75, 3.05) is 20.3 Å². The van der Waals surface area contributed by atoms with Crippen LogP contribution in [0.5, 0.6) is 5.75 Å². The van der Waals surface area contributed by atoms with E-state index in [0.717, 1.165) is 5.56 Å². The van der Waals surface area contributed by atoms with Gasteiger partial charge in [-0.05, 0) is 30.7 Å². The molecule has 0 fully saturated rings. The van der Waals surface area contributed by atoms with Crippen LogP contribution < -0.4 is 4.74 Å². The van der Waals surface area contributed by atoms with Gasteiger partial charge in [0.25, 0.3) is 0 Å². The van der Waals surface area contributed by atoms with Crippen molar-refractivity contribution in [3.05, 3.63) is 48.1 Å². The minimum Gasteiger partial charge on any atom is -0.490 e. The van der Waals surface area contributed by atoms with Gasteiger partial charge in [0, 0.05) is 11.6 Å². The fourth-order valence-electron chi connectivity index (χ4n) is 1.36. The molecule has 0 N–H and O–H groups in total. The van der Waals surface area contributed by atoms with Crippen LogP contribution in [0.25, 0.3) is 6.08 Å². The van der Waals surface area contributed by atoms with Gasteiger partial charge in [-0.2, -0.15) is 0 Å². The zero-order chi connectivity index (χ0) is 15.7. The summed E-state index contributed by atoms with van der Waals surface area (Å²) in [6, 6.07) is 7.16. The zero-order valence-electron chi connectivity index (χ0n) is 12.1. The standard InChI is InChI=1S/C16H18O5/c1-12(2)16(18)21-10-9-20-14-6-4-5-13(11-14)7-8-15(17)19-3/h4-8,11H,1,9-10H2,2-3H3. The van der Waals surface area contributed by atoms with Gasteiger partial charge in [0.1, 0.15) is 19.0 Å². The Bertz CT molecular complexity index is 545. The van der Waals surface area contributed by atoms with Crippen LogP contribution in [0.15, 0.2) is 42.5 Å². The van der Waals surface area contributed by atoms with E-state index in [4.69, 9.17) is 9.47 Å². The van der Waals surface area contributed by atoms with Crippen LogP contribution in [0.2, 0.25) is 0 Å². The van der Waals surface area contributed by atoms with Crippen molar-refractivity contribution in [3.63, 3.8) is 0 Å². The molecular weight excluding hydrogens is 272 g/mol. The van der Waals surface area contributed by atoms with Gasteiger partial charge in [0.2, 0.25) is 0 Å². The third-order valence-electron chi connectivity index (χ3n) is 2.40. The Morgan fingerprint density at radius 1 is 1.29 bits per heavy atom. The minimum absolute atomic E-state index is 0.147. The van der Waals surface area contributed by atoms with E-state index in [1.165, 1.54) is 13.2 Å². The number of esters is 2. The Morgan fingerprint density at radius 2 is 2.05 bits per heavy atom. The predicted octanol–water partition coefficient (Wildman–Crippen LogP) is 2.37. The molecule has 0 aliphatic heterocycles. The lowest BCUT2D eigenvalue weighted by atomic mass is 10.2. The molecule has 112 valence electrons. The average Bonchev–Trinajstić information content (AvgIpc) is 2.49. The van der Waals surface area contributed by atoms with Crippen molar-refractivity contribution in [1.29, 1.82) is 0 Å². The molecule has 0 saturated heterocycles. The summed E-state index contributed by atoms with van der Waals surface area (Å²) in [5, 5.41) is 0. The van der Waals surface area contributed by atoms with Gasteiger partial charge in [-0.15, -0.1) is 0 Å². The van der Waals surface area contributed by atoms with Gasteiger partial charge in [-0.1, -0.05) is 18.7 Å². The highest BCUT2D eigenvalue weighted by atomic mass is 16.6. The second-order valence-corrected chi connectivity index (χ2v) is 4.19. The summed E-state index contributed by atoms with van der Waals surface area (Å²) in [4.78, 5) is 22.2. The van der Waals surface area contributed by atoms with Crippen LogP contribution >= 0.6 is 0 Å². The Morgan fingerprint density at radius 3 is 2.71 bits per heavy atom. The molecule has 0 aliphatic rings. The quantitative estimate of drug-likeness (QED) is 0.438. The second kappa shape index (κ2) is 8.58. The summed E-state index contributed by atoms with van der Waals surface area (Å²) in [6.45, 7) is 5.45. The maximum atomic E-state index is 11.2. The topological polar surface area (TPSA) is 61.8 Å². The number of carbonyl (C=O) groups excluding carboxylic acids is 2. The highest BCUT2D eigenvalue weighted by molar-refractivity contribution is 5.87. The van der Waals surface area contributed by atoms with E-state index >= 15 is 0 Å². The summed E-state index contributed by atoms with van der Waals surface area (Å²) < 4.78 is 14.9. The Hall–Kier alpha value is -2.56. The summed E-state index contributed by atoms with van der Waals surface area (Å²) in [6.07, 6.45) is 2.95. The van der Waals surface area contributed by atoms with Crippen LogP contribution in [0.3, 0.4) is 0 Å². The third-order valence-corrected chi connectivity index (χ3v) is 2.40. The molecule has 21 heavy (non-hydrogen) atoms. The number of benzene rings is 1. The molecule has 0 atom stereocenters. The zero-order valence-corrected chi connectivity index (χ0v) is 12.1. The first-order chi connectivity index (χ1) is 10.0. The molecule has 0 aromatic heterocycles. The van der Waals surface area contributed by atoms with E-state index in [1.54, 1.807) is 31.2 Å². The van der Waals surface area contributed by atoms with E-state index in [1.807, 2.05) is 6.07 Å². The Kier molecular flexibility index (Phi) is 6.74. The van der Waals surface area contributed by atoms with E-state index < -0.39 is 11.9 Å². The lowest BCUT2D eigenvalue weighted by molar-refractivity contribution is -0.139. The fraction of sp³-hybridized carbons (Fsp3) is 0.250. The molecule has 0 radical (unpaired) electrons. The fourth-order valence-corrected chi connectivity index (χ4v) is 1.36. The third kappa shape index (κ3) is 6.42. The van der Waals surface area contributed by atoms with Gasteiger partial charge in [0.15, 0.2) is 0 Å². The Labute approximate surface area is 123 Å². The molecule has 0 unspecified atom stereocenters. The molecule has 0 heterocycles. The van der Waals surface area contributed by atoms with E-state index in [-0.39, 0.29) is 13.2 Å². The van der Waals surface area contributed by atoms with Gasteiger partial charge >= 0.3 is 11.9 Å². The number of hydrogen-bond donors (Lipinski definition) is 0. The highest BCUT2D eigenvalue weighted by Gasteiger charge is 2.02. The smallest absolute Gasteiger partial charge is 0.333 e. The molecule has 5 heteroatoms. The number of hydrogen-bond acceptors (Lipinski definition) is 5. The SMILES string of the molecule is C=C(C)C(=O)OCCOc1cccc(C=CC(=O)OC)c1. The van der Waals surface area contributed by atoms with Gasteiger partial charge < -0.3 is 14.2 Å². The predicted molar refractivity (Wildman–Crippen MR) is 78.8 cm³/mol. The van der Waals surface area contributed by atoms with Crippen molar-refractivity contribution < 1.29 is 23.8 Å². The summed E-state index contributed by atoms with van der Waals surface area (Å²) >= 11 is 0.